The zero-order chi connectivity index (χ0) is 15.6. The average molecular weight is 330 g/mol. The van der Waals surface area contributed by atoms with Crippen molar-refractivity contribution >= 4 is 21.4 Å². The van der Waals surface area contributed by atoms with Crippen molar-refractivity contribution in [3.63, 3.8) is 0 Å². The lowest BCUT2D eigenvalue weighted by Crippen LogP contribution is -2.24. The Morgan fingerprint density at radius 2 is 2.10 bits per heavy atom. The number of nitrogens with zero attached hydrogens (tertiary/aromatic N) is 3. The summed E-state index contributed by atoms with van der Waals surface area (Å²) in [6.45, 7) is 5.52. The maximum absolute atomic E-state index is 12.4. The van der Waals surface area contributed by atoms with E-state index in [9.17, 15) is 8.42 Å². The third-order valence-electron chi connectivity index (χ3n) is 2.98. The van der Waals surface area contributed by atoms with Crippen LogP contribution in [0.3, 0.4) is 0 Å². The Bertz CT molecular complexity index is 734. The van der Waals surface area contributed by atoms with Crippen molar-refractivity contribution in [2.45, 2.75) is 38.8 Å². The topological polar surface area (TPSA) is 97.1 Å². The van der Waals surface area contributed by atoms with Gasteiger partial charge in [-0.2, -0.15) is 5.10 Å². The predicted molar refractivity (Wildman–Crippen MR) is 79.7 cm³/mol. The molecule has 2 aromatic rings. The van der Waals surface area contributed by atoms with Crippen molar-refractivity contribution in [1.82, 2.24) is 19.5 Å². The Morgan fingerprint density at radius 1 is 1.38 bits per heavy atom. The van der Waals surface area contributed by atoms with Gasteiger partial charge in [0.1, 0.15) is 9.90 Å². The molecule has 2 aromatic heterocycles. The Morgan fingerprint density at radius 3 is 2.67 bits per heavy atom. The van der Waals surface area contributed by atoms with Gasteiger partial charge in [-0.1, -0.05) is 0 Å². The van der Waals surface area contributed by atoms with Crippen LogP contribution in [0.2, 0.25) is 0 Å². The van der Waals surface area contributed by atoms with Crippen molar-refractivity contribution in [2.24, 2.45) is 0 Å². The van der Waals surface area contributed by atoms with Gasteiger partial charge >= 0.3 is 0 Å². The zero-order valence-corrected chi connectivity index (χ0v) is 13.8. The summed E-state index contributed by atoms with van der Waals surface area (Å²) in [5.74, 6) is 0. The molecule has 0 amide bonds. The molecule has 0 saturated heterocycles. The lowest BCUT2D eigenvalue weighted by Gasteiger charge is -2.06. The largest absolute Gasteiger partial charge is 0.394 e. The van der Waals surface area contributed by atoms with Crippen molar-refractivity contribution in [1.29, 1.82) is 0 Å². The predicted octanol–water partition coefficient (Wildman–Crippen LogP) is 0.736. The number of hydrogen-bond donors (Lipinski definition) is 2. The molecule has 0 spiro atoms. The molecule has 2 heterocycles. The van der Waals surface area contributed by atoms with Crippen LogP contribution in [0.25, 0.3) is 0 Å². The van der Waals surface area contributed by atoms with Crippen molar-refractivity contribution in [3.05, 3.63) is 27.5 Å². The number of rotatable bonds is 6. The van der Waals surface area contributed by atoms with Crippen molar-refractivity contribution in [2.75, 3.05) is 6.61 Å². The third kappa shape index (κ3) is 3.49. The molecule has 0 aliphatic carbocycles. The molecule has 0 aliphatic heterocycles. The Kier molecular flexibility index (Phi) is 4.77. The van der Waals surface area contributed by atoms with E-state index in [0.717, 1.165) is 5.69 Å². The van der Waals surface area contributed by atoms with Crippen molar-refractivity contribution in [3.8, 4) is 0 Å². The van der Waals surface area contributed by atoms with Crippen molar-refractivity contribution < 1.29 is 13.5 Å². The van der Waals surface area contributed by atoms with Gasteiger partial charge in [0.25, 0.3) is 0 Å². The minimum atomic E-state index is -3.66. The van der Waals surface area contributed by atoms with E-state index in [0.29, 0.717) is 16.4 Å². The fourth-order valence-corrected chi connectivity index (χ4v) is 4.29. The van der Waals surface area contributed by atoms with Crippen LogP contribution in [-0.2, 0) is 23.1 Å². The molecule has 0 radical (unpaired) electrons. The third-order valence-corrected chi connectivity index (χ3v) is 5.59. The number of aryl methyl sites for hydroxylation is 2. The first-order chi connectivity index (χ1) is 9.85. The minimum absolute atomic E-state index is 0.0900. The molecule has 0 bridgehead atoms. The summed E-state index contributed by atoms with van der Waals surface area (Å²) < 4.78 is 28.9. The van der Waals surface area contributed by atoms with E-state index in [1.165, 1.54) is 16.0 Å². The second-order valence-corrected chi connectivity index (χ2v) is 7.30. The maximum atomic E-state index is 12.4. The normalized spacial score (nSPS) is 12.0. The molecule has 0 fully saturated rings. The molecule has 2 rings (SSSR count). The first-order valence-corrected chi connectivity index (χ1v) is 8.77. The van der Waals surface area contributed by atoms with Gasteiger partial charge in [0.05, 0.1) is 31.1 Å². The highest BCUT2D eigenvalue weighted by atomic mass is 32.2. The standard InChI is InChI=1S/C12H18N4O3S2/c1-8-7-20-11(14-8)6-13-21(18,19)12-9(2)15-16(4-5-17)10(12)3/h7,13,17H,4-6H2,1-3H3. The zero-order valence-electron chi connectivity index (χ0n) is 12.1. The number of aliphatic hydroxyl groups excluding tert-OH is 1. The first kappa shape index (κ1) is 16.1. The summed E-state index contributed by atoms with van der Waals surface area (Å²) in [6.07, 6.45) is 0. The Hall–Kier alpha value is -1.29. The number of aromatic nitrogens is 3. The molecule has 0 aromatic carbocycles. The first-order valence-electron chi connectivity index (χ1n) is 6.40. The second-order valence-electron chi connectivity index (χ2n) is 4.65. The molecule has 0 saturated carbocycles. The molecule has 0 aliphatic rings. The molecule has 7 nitrogen and oxygen atoms in total. The molecule has 0 unspecified atom stereocenters. The molecule has 116 valence electrons. The van der Waals surface area contributed by atoms with E-state index in [1.807, 2.05) is 12.3 Å². The van der Waals surface area contributed by atoms with Gasteiger partial charge in [-0.3, -0.25) is 4.68 Å². The van der Waals surface area contributed by atoms with E-state index in [2.05, 4.69) is 14.8 Å². The van der Waals surface area contributed by atoms with Gasteiger partial charge in [0.2, 0.25) is 10.0 Å². The molecular weight excluding hydrogens is 312 g/mol. The van der Waals surface area contributed by atoms with Crippen LogP contribution in [-0.4, -0.2) is 34.9 Å². The fraction of sp³-hybridized carbons (Fsp3) is 0.500. The summed E-state index contributed by atoms with van der Waals surface area (Å²) in [5, 5.41) is 15.7. The SMILES string of the molecule is Cc1csc(CNS(=O)(=O)c2c(C)nn(CCO)c2C)n1. The van der Waals surface area contributed by atoms with Crippen LogP contribution in [0.15, 0.2) is 10.3 Å². The lowest BCUT2D eigenvalue weighted by atomic mass is 10.4. The minimum Gasteiger partial charge on any atom is -0.394 e. The van der Waals surface area contributed by atoms with Crippen LogP contribution in [0.1, 0.15) is 22.1 Å². The summed E-state index contributed by atoms with van der Waals surface area (Å²) in [4.78, 5) is 4.40. The van der Waals surface area contributed by atoms with Gasteiger partial charge in [-0.15, -0.1) is 11.3 Å². The van der Waals surface area contributed by atoms with Crippen LogP contribution in [0, 0.1) is 20.8 Å². The quantitative estimate of drug-likeness (QED) is 0.814. The van der Waals surface area contributed by atoms with E-state index in [1.54, 1.807) is 13.8 Å². The van der Waals surface area contributed by atoms with Crippen LogP contribution in [0.5, 0.6) is 0 Å². The Labute approximate surface area is 127 Å². The lowest BCUT2D eigenvalue weighted by molar-refractivity contribution is 0.267. The summed E-state index contributed by atoms with van der Waals surface area (Å²) in [6, 6.07) is 0. The average Bonchev–Trinajstić information content (AvgIpc) is 2.93. The van der Waals surface area contributed by atoms with Gasteiger partial charge in [-0.05, 0) is 20.8 Å². The molecule has 21 heavy (non-hydrogen) atoms. The fourth-order valence-electron chi connectivity index (χ4n) is 2.09. The number of sulfonamides is 1. The van der Waals surface area contributed by atoms with E-state index in [4.69, 9.17) is 5.11 Å². The smallest absolute Gasteiger partial charge is 0.244 e. The molecular formula is C12H18N4O3S2. The number of hydrogen-bond acceptors (Lipinski definition) is 6. The van der Waals surface area contributed by atoms with Crippen LogP contribution < -0.4 is 4.72 Å². The highest BCUT2D eigenvalue weighted by Gasteiger charge is 2.24. The van der Waals surface area contributed by atoms with E-state index in [-0.39, 0.29) is 24.6 Å². The van der Waals surface area contributed by atoms with Crippen LogP contribution >= 0.6 is 11.3 Å². The number of nitrogens with one attached hydrogen (secondary N) is 1. The summed E-state index contributed by atoms with van der Waals surface area (Å²) in [7, 11) is -3.66. The summed E-state index contributed by atoms with van der Waals surface area (Å²) in [5.41, 5.74) is 1.81. The molecule has 0 atom stereocenters. The van der Waals surface area contributed by atoms with Gasteiger partial charge in [0.15, 0.2) is 0 Å². The highest BCUT2D eigenvalue weighted by Crippen LogP contribution is 2.20. The van der Waals surface area contributed by atoms with Gasteiger partial charge < -0.3 is 5.11 Å². The van der Waals surface area contributed by atoms with E-state index < -0.39 is 10.0 Å². The summed E-state index contributed by atoms with van der Waals surface area (Å²) >= 11 is 1.42. The molecule has 9 heteroatoms. The molecule has 2 N–H and O–H groups in total. The van der Waals surface area contributed by atoms with Gasteiger partial charge in [-0.25, -0.2) is 18.1 Å². The number of thiazole rings is 1. The maximum Gasteiger partial charge on any atom is 0.244 e. The number of aliphatic hydroxyl groups is 1. The highest BCUT2D eigenvalue weighted by molar-refractivity contribution is 7.89. The Balaban J connectivity index is 2.23. The van der Waals surface area contributed by atoms with Crippen LogP contribution in [0.4, 0.5) is 0 Å². The second kappa shape index (κ2) is 6.22. The monoisotopic (exact) mass is 330 g/mol. The van der Waals surface area contributed by atoms with E-state index >= 15 is 0 Å². The van der Waals surface area contributed by atoms with Gasteiger partial charge in [0, 0.05) is 11.1 Å².